The van der Waals surface area contributed by atoms with E-state index in [4.69, 9.17) is 5.26 Å². The number of benzene rings is 1. The molecule has 2 aromatic rings. The number of nitrogens with one attached hydrogen (secondary N) is 1. The number of carbonyl (C=O) groups excluding carboxylic acids is 1. The first-order chi connectivity index (χ1) is 12.3. The molecule has 0 bridgehead atoms. The minimum Gasteiger partial charge on any atom is -0.343 e. The highest BCUT2D eigenvalue weighted by molar-refractivity contribution is 7.89. The van der Waals surface area contributed by atoms with Gasteiger partial charge in [-0.2, -0.15) is 9.57 Å². The van der Waals surface area contributed by atoms with Crippen molar-refractivity contribution in [1.82, 2.24) is 8.87 Å². The zero-order valence-corrected chi connectivity index (χ0v) is 15.9. The monoisotopic (exact) mass is 374 g/mol. The maximum atomic E-state index is 12.6. The number of nitrogens with zero attached hydrogens (tertiary/aromatic N) is 3. The highest BCUT2D eigenvalue weighted by Gasteiger charge is 2.21. The van der Waals surface area contributed by atoms with Crippen LogP contribution in [0.15, 0.2) is 41.6 Å². The minimum atomic E-state index is -3.58. The van der Waals surface area contributed by atoms with Gasteiger partial charge in [-0.25, -0.2) is 8.42 Å². The molecule has 138 valence electrons. The molecule has 1 heterocycles. The molecule has 2 rings (SSSR count). The Bertz CT molecular complexity index is 938. The molecule has 0 saturated carbocycles. The Labute approximate surface area is 153 Å². The molecule has 0 unspecified atom stereocenters. The molecule has 0 saturated heterocycles. The summed E-state index contributed by atoms with van der Waals surface area (Å²) in [5, 5.41) is 11.7. The molecule has 8 heteroatoms. The van der Waals surface area contributed by atoms with E-state index in [1.807, 2.05) is 0 Å². The summed E-state index contributed by atoms with van der Waals surface area (Å²) in [6, 6.07) is 8.26. The van der Waals surface area contributed by atoms with Crippen LogP contribution in [0, 0.1) is 18.3 Å². The van der Waals surface area contributed by atoms with E-state index in [0.717, 1.165) is 5.56 Å². The number of hydrogen-bond donors (Lipinski definition) is 1. The van der Waals surface area contributed by atoms with Crippen LogP contribution in [-0.4, -0.2) is 36.3 Å². The van der Waals surface area contributed by atoms with E-state index in [0.29, 0.717) is 24.3 Å². The summed E-state index contributed by atoms with van der Waals surface area (Å²) in [6.07, 6.45) is 3.33. The normalized spacial score (nSPS) is 11.3. The second kappa shape index (κ2) is 8.17. The molecule has 1 aromatic heterocycles. The van der Waals surface area contributed by atoms with Crippen LogP contribution < -0.4 is 5.32 Å². The number of rotatable bonds is 7. The van der Waals surface area contributed by atoms with E-state index < -0.39 is 10.0 Å². The molecule has 1 amide bonds. The van der Waals surface area contributed by atoms with E-state index in [1.165, 1.54) is 16.4 Å². The van der Waals surface area contributed by atoms with E-state index in [-0.39, 0.29) is 17.3 Å². The largest absolute Gasteiger partial charge is 0.343 e. The Hall–Kier alpha value is -2.63. The second-order valence-electron chi connectivity index (χ2n) is 5.80. The quantitative estimate of drug-likeness (QED) is 0.805. The lowest BCUT2D eigenvalue weighted by Gasteiger charge is -2.18. The first kappa shape index (κ1) is 19.7. The van der Waals surface area contributed by atoms with E-state index in [1.54, 1.807) is 49.9 Å². The van der Waals surface area contributed by atoms with Crippen molar-refractivity contribution in [2.75, 3.05) is 18.4 Å². The van der Waals surface area contributed by atoms with Crippen LogP contribution in [0.4, 0.5) is 5.69 Å². The smallest absolute Gasteiger partial charge is 0.244 e. The van der Waals surface area contributed by atoms with Crippen molar-refractivity contribution >= 4 is 21.6 Å². The number of aromatic nitrogens is 1. The highest BCUT2D eigenvalue weighted by atomic mass is 32.2. The lowest BCUT2D eigenvalue weighted by atomic mass is 10.2. The SMILES string of the molecule is CCN(CC)S(=O)(=O)c1cccc(NC(=O)Cn2cc(C)c(C#N)c2)c1. The first-order valence-electron chi connectivity index (χ1n) is 8.28. The summed E-state index contributed by atoms with van der Waals surface area (Å²) in [4.78, 5) is 12.4. The van der Waals surface area contributed by atoms with Gasteiger partial charge in [0.25, 0.3) is 0 Å². The lowest BCUT2D eigenvalue weighted by Crippen LogP contribution is -2.30. The fraction of sp³-hybridized carbons (Fsp3) is 0.333. The van der Waals surface area contributed by atoms with Gasteiger partial charge in [-0.3, -0.25) is 4.79 Å². The molecule has 0 aliphatic carbocycles. The number of aryl methyl sites for hydroxylation is 1. The van der Waals surface area contributed by atoms with Gasteiger partial charge in [-0.15, -0.1) is 0 Å². The third-order valence-corrected chi connectivity index (χ3v) is 6.03. The molecule has 0 radical (unpaired) electrons. The molecule has 1 aromatic carbocycles. The summed E-state index contributed by atoms with van der Waals surface area (Å²) >= 11 is 0. The summed E-state index contributed by atoms with van der Waals surface area (Å²) < 4.78 is 28.1. The maximum Gasteiger partial charge on any atom is 0.244 e. The van der Waals surface area contributed by atoms with Crippen molar-refractivity contribution in [3.8, 4) is 6.07 Å². The van der Waals surface area contributed by atoms with Gasteiger partial charge in [0, 0.05) is 31.2 Å². The van der Waals surface area contributed by atoms with Crippen molar-refractivity contribution in [1.29, 1.82) is 5.26 Å². The second-order valence-corrected chi connectivity index (χ2v) is 7.74. The van der Waals surface area contributed by atoms with Crippen LogP contribution in [0.25, 0.3) is 0 Å². The van der Waals surface area contributed by atoms with Gasteiger partial charge in [-0.05, 0) is 30.7 Å². The van der Waals surface area contributed by atoms with Crippen molar-refractivity contribution in [2.45, 2.75) is 32.2 Å². The van der Waals surface area contributed by atoms with Gasteiger partial charge in [0.15, 0.2) is 0 Å². The standard InChI is InChI=1S/C18H22N4O3S/c1-4-22(5-2)26(24,25)17-8-6-7-16(9-17)20-18(23)13-21-11-14(3)15(10-19)12-21/h6-9,11-12H,4-5,13H2,1-3H3,(H,20,23). The number of hydrogen-bond acceptors (Lipinski definition) is 4. The van der Waals surface area contributed by atoms with Crippen molar-refractivity contribution in [2.24, 2.45) is 0 Å². The van der Waals surface area contributed by atoms with Crippen molar-refractivity contribution in [3.63, 3.8) is 0 Å². The van der Waals surface area contributed by atoms with Gasteiger partial charge in [0.1, 0.15) is 12.6 Å². The van der Waals surface area contributed by atoms with Gasteiger partial charge in [0.05, 0.1) is 10.5 Å². The number of anilines is 1. The van der Waals surface area contributed by atoms with E-state index >= 15 is 0 Å². The average Bonchev–Trinajstić information content (AvgIpc) is 2.95. The molecule has 0 atom stereocenters. The Morgan fingerprint density at radius 2 is 1.96 bits per heavy atom. The summed E-state index contributed by atoms with van der Waals surface area (Å²) in [5.74, 6) is -0.304. The number of sulfonamides is 1. The highest BCUT2D eigenvalue weighted by Crippen LogP contribution is 2.19. The van der Waals surface area contributed by atoms with Crippen molar-refractivity contribution < 1.29 is 13.2 Å². The molecule has 0 aliphatic heterocycles. The van der Waals surface area contributed by atoms with Crippen molar-refractivity contribution in [3.05, 3.63) is 47.8 Å². The van der Waals surface area contributed by atoms with Crippen LogP contribution in [0.5, 0.6) is 0 Å². The van der Waals surface area contributed by atoms with E-state index in [2.05, 4.69) is 11.4 Å². The van der Waals surface area contributed by atoms with E-state index in [9.17, 15) is 13.2 Å². The van der Waals surface area contributed by atoms with Crippen LogP contribution in [0.3, 0.4) is 0 Å². The molecule has 0 spiro atoms. The zero-order chi connectivity index (χ0) is 19.3. The summed E-state index contributed by atoms with van der Waals surface area (Å²) in [7, 11) is -3.58. The van der Waals surface area contributed by atoms with Crippen LogP contribution in [0.1, 0.15) is 25.0 Å². The average molecular weight is 374 g/mol. The molecule has 26 heavy (non-hydrogen) atoms. The Balaban J connectivity index is 2.15. The Kier molecular flexibility index (Phi) is 6.18. The summed E-state index contributed by atoms with van der Waals surface area (Å²) in [6.45, 7) is 6.15. The first-order valence-corrected chi connectivity index (χ1v) is 9.72. The third-order valence-electron chi connectivity index (χ3n) is 3.99. The zero-order valence-electron chi connectivity index (χ0n) is 15.1. The number of amides is 1. The van der Waals surface area contributed by atoms with Crippen LogP contribution in [0.2, 0.25) is 0 Å². The van der Waals surface area contributed by atoms with Gasteiger partial charge in [0.2, 0.25) is 15.9 Å². The van der Waals surface area contributed by atoms with Crippen LogP contribution in [-0.2, 0) is 21.4 Å². The fourth-order valence-electron chi connectivity index (χ4n) is 2.64. The topological polar surface area (TPSA) is 95.2 Å². The molecule has 0 fully saturated rings. The third kappa shape index (κ3) is 4.31. The van der Waals surface area contributed by atoms with Gasteiger partial charge < -0.3 is 9.88 Å². The van der Waals surface area contributed by atoms with Gasteiger partial charge >= 0.3 is 0 Å². The lowest BCUT2D eigenvalue weighted by molar-refractivity contribution is -0.116. The van der Waals surface area contributed by atoms with Crippen LogP contribution >= 0.6 is 0 Å². The molecular formula is C18H22N4O3S. The molecular weight excluding hydrogens is 352 g/mol. The summed E-state index contributed by atoms with van der Waals surface area (Å²) in [5.41, 5.74) is 1.73. The Morgan fingerprint density at radius 3 is 2.54 bits per heavy atom. The van der Waals surface area contributed by atoms with Gasteiger partial charge in [-0.1, -0.05) is 19.9 Å². The predicted molar refractivity (Wildman–Crippen MR) is 99.1 cm³/mol. The predicted octanol–water partition coefficient (Wildman–Crippen LogP) is 2.34. The number of carbonyl (C=O) groups is 1. The minimum absolute atomic E-state index is 0.0372. The molecule has 1 N–H and O–H groups in total. The maximum absolute atomic E-state index is 12.6. The Morgan fingerprint density at radius 1 is 1.27 bits per heavy atom. The number of nitriles is 1. The molecule has 7 nitrogen and oxygen atoms in total. The molecule has 0 aliphatic rings. The fourth-order valence-corrected chi connectivity index (χ4v) is 4.15.